The molecule has 0 spiro atoms. The molecule has 0 amide bonds. The van der Waals surface area contributed by atoms with Gasteiger partial charge in [-0.05, 0) is 196 Å². The normalized spacial score (nSPS) is 11.6. The van der Waals surface area contributed by atoms with Gasteiger partial charge >= 0.3 is 0 Å². The molecule has 0 heterocycles. The van der Waals surface area contributed by atoms with Crippen LogP contribution < -0.4 is 9.80 Å². The van der Waals surface area contributed by atoms with Crippen LogP contribution in [0, 0.1) is 69.2 Å². The van der Waals surface area contributed by atoms with Crippen molar-refractivity contribution in [2.75, 3.05) is 9.80 Å². The van der Waals surface area contributed by atoms with E-state index < -0.39 is 0 Å². The lowest BCUT2D eigenvalue weighted by molar-refractivity contribution is 1.22. The first-order valence-corrected chi connectivity index (χ1v) is 22.7. The second-order valence-electron chi connectivity index (χ2n) is 18.4. The number of nitrogens with zero attached hydrogens (tertiary/aromatic N) is 2. The van der Waals surface area contributed by atoms with Gasteiger partial charge in [-0.1, -0.05) is 119 Å². The van der Waals surface area contributed by atoms with Gasteiger partial charge in [-0.15, -0.1) is 0 Å². The first-order chi connectivity index (χ1) is 30.8. The van der Waals surface area contributed by atoms with E-state index in [2.05, 4.69) is 237 Å². The summed E-state index contributed by atoms with van der Waals surface area (Å²) in [6.45, 7) is 22.1. The van der Waals surface area contributed by atoms with Crippen LogP contribution in [0.15, 0.2) is 158 Å². The number of rotatable bonds is 8. The summed E-state index contributed by atoms with van der Waals surface area (Å²) < 4.78 is 0. The summed E-state index contributed by atoms with van der Waals surface area (Å²) in [7, 11) is 0. The van der Waals surface area contributed by atoms with Crippen LogP contribution in [0.4, 0.5) is 34.1 Å². The third kappa shape index (κ3) is 6.99. The SMILES string of the molecule is Cc1ccc(-c2cc(N(c3ccc(C)cc3)c3cc(C)c(C)c(C)c3)c3ccc4c(-c5ccc(C)cc5)cc(N(c5ccc(C)cc5)c5cc(C)c(C)c(C)c5)c5ccc2c3c45)cc1. The number of hydrogen-bond donors (Lipinski definition) is 0. The van der Waals surface area contributed by atoms with Crippen molar-refractivity contribution >= 4 is 66.4 Å². The van der Waals surface area contributed by atoms with Gasteiger partial charge in [-0.3, -0.25) is 0 Å². The zero-order valence-electron chi connectivity index (χ0n) is 38.9. The largest absolute Gasteiger partial charge is 0.310 e. The van der Waals surface area contributed by atoms with E-state index in [1.165, 1.54) is 110 Å². The molecule has 0 N–H and O–H groups in total. The minimum Gasteiger partial charge on any atom is -0.310 e. The van der Waals surface area contributed by atoms with Gasteiger partial charge in [0, 0.05) is 44.3 Å². The molecular formula is C62H56N2. The van der Waals surface area contributed by atoms with E-state index in [-0.39, 0.29) is 0 Å². The molecule has 0 radical (unpaired) electrons. The smallest absolute Gasteiger partial charge is 0.0546 e. The Bertz CT molecular complexity index is 3110. The molecular weight excluding hydrogens is 773 g/mol. The lowest BCUT2D eigenvalue weighted by atomic mass is 9.85. The summed E-state index contributed by atoms with van der Waals surface area (Å²) in [5, 5.41) is 7.48. The first kappa shape index (κ1) is 40.9. The molecule has 10 aromatic carbocycles. The maximum atomic E-state index is 2.50. The van der Waals surface area contributed by atoms with Gasteiger partial charge in [0.05, 0.1) is 11.4 Å². The van der Waals surface area contributed by atoms with Crippen LogP contribution in [0.25, 0.3) is 54.6 Å². The van der Waals surface area contributed by atoms with Crippen molar-refractivity contribution in [3.8, 4) is 22.3 Å². The highest BCUT2D eigenvalue weighted by Crippen LogP contribution is 2.52. The van der Waals surface area contributed by atoms with Crippen LogP contribution in [-0.4, -0.2) is 0 Å². The Balaban J connectivity index is 1.39. The number of hydrogen-bond acceptors (Lipinski definition) is 2. The predicted octanol–water partition coefficient (Wildman–Crippen LogP) is 17.9. The summed E-state index contributed by atoms with van der Waals surface area (Å²) in [6, 6.07) is 60.2. The van der Waals surface area contributed by atoms with Gasteiger partial charge in [-0.25, -0.2) is 0 Å². The lowest BCUT2D eigenvalue weighted by Gasteiger charge is -2.32. The molecule has 64 heavy (non-hydrogen) atoms. The minimum atomic E-state index is 1.13. The maximum absolute atomic E-state index is 2.50. The number of anilines is 6. The molecule has 314 valence electrons. The molecule has 10 aromatic rings. The molecule has 0 aliphatic rings. The van der Waals surface area contributed by atoms with Crippen molar-refractivity contribution in [3.05, 3.63) is 213 Å². The monoisotopic (exact) mass is 828 g/mol. The summed E-state index contributed by atoms with van der Waals surface area (Å²) in [6.07, 6.45) is 0. The molecule has 0 saturated heterocycles. The van der Waals surface area contributed by atoms with Gasteiger partial charge in [-0.2, -0.15) is 0 Å². The molecule has 0 saturated carbocycles. The van der Waals surface area contributed by atoms with Crippen LogP contribution in [0.3, 0.4) is 0 Å². The zero-order valence-corrected chi connectivity index (χ0v) is 38.9. The Hall–Kier alpha value is -7.16. The maximum Gasteiger partial charge on any atom is 0.0546 e. The van der Waals surface area contributed by atoms with E-state index in [0.29, 0.717) is 0 Å². The predicted molar refractivity (Wildman–Crippen MR) is 278 cm³/mol. The molecule has 0 aliphatic carbocycles. The van der Waals surface area contributed by atoms with Gasteiger partial charge in [0.1, 0.15) is 0 Å². The van der Waals surface area contributed by atoms with Crippen molar-refractivity contribution in [3.63, 3.8) is 0 Å². The molecule has 0 fully saturated rings. The third-order valence-electron chi connectivity index (χ3n) is 14.0. The van der Waals surface area contributed by atoms with E-state index in [4.69, 9.17) is 0 Å². The molecule has 2 nitrogen and oxygen atoms in total. The fraction of sp³-hybridized carbons (Fsp3) is 0.161. The average Bonchev–Trinajstić information content (AvgIpc) is 3.29. The number of aryl methyl sites for hydroxylation is 8. The van der Waals surface area contributed by atoms with Gasteiger partial charge in [0.2, 0.25) is 0 Å². The van der Waals surface area contributed by atoms with Crippen LogP contribution in [0.5, 0.6) is 0 Å². The van der Waals surface area contributed by atoms with Gasteiger partial charge < -0.3 is 9.80 Å². The standard InChI is InChI=1S/C62H56N2/c1-37-11-19-47(20-12-37)57-35-59(63(49-23-15-39(3)16-24-49)51-31-41(5)45(9)42(6)32-51)55-30-28-54-58(48-21-13-38(2)14-22-48)36-60(56-29-27-53(57)61(55)62(54)56)64(50-25-17-40(4)18-26-50)52-33-43(7)46(10)44(8)34-52/h11-36H,1-10H3. The first-order valence-electron chi connectivity index (χ1n) is 22.7. The quantitative estimate of drug-likeness (QED) is 0.141. The summed E-state index contributed by atoms with van der Waals surface area (Å²) in [5.41, 5.74) is 24.5. The average molecular weight is 829 g/mol. The van der Waals surface area contributed by atoms with Gasteiger partial charge in [0.15, 0.2) is 0 Å². The highest BCUT2D eigenvalue weighted by atomic mass is 15.2. The molecule has 0 aromatic heterocycles. The van der Waals surface area contributed by atoms with Crippen LogP contribution in [0.1, 0.15) is 55.6 Å². The highest BCUT2D eigenvalue weighted by Gasteiger charge is 2.26. The number of benzene rings is 10. The van der Waals surface area contributed by atoms with Crippen molar-refractivity contribution in [2.24, 2.45) is 0 Å². The van der Waals surface area contributed by atoms with E-state index in [9.17, 15) is 0 Å². The Morgan fingerprint density at radius 2 is 0.547 bits per heavy atom. The molecule has 10 rings (SSSR count). The fourth-order valence-corrected chi connectivity index (χ4v) is 9.80. The van der Waals surface area contributed by atoms with E-state index >= 15 is 0 Å². The van der Waals surface area contributed by atoms with E-state index in [0.717, 1.165) is 34.1 Å². The Morgan fingerprint density at radius 3 is 0.859 bits per heavy atom. The second-order valence-corrected chi connectivity index (χ2v) is 18.4. The van der Waals surface area contributed by atoms with Crippen molar-refractivity contribution in [2.45, 2.75) is 69.2 Å². The zero-order chi connectivity index (χ0) is 44.6. The minimum absolute atomic E-state index is 1.13. The lowest BCUT2D eigenvalue weighted by Crippen LogP contribution is -2.13. The fourth-order valence-electron chi connectivity index (χ4n) is 9.80. The topological polar surface area (TPSA) is 6.48 Å². The molecule has 0 unspecified atom stereocenters. The van der Waals surface area contributed by atoms with Crippen LogP contribution in [0.2, 0.25) is 0 Å². The Labute approximate surface area is 379 Å². The summed E-state index contributed by atoms with van der Waals surface area (Å²) >= 11 is 0. The van der Waals surface area contributed by atoms with Crippen molar-refractivity contribution < 1.29 is 0 Å². The molecule has 0 atom stereocenters. The molecule has 0 aliphatic heterocycles. The summed E-state index contributed by atoms with van der Waals surface area (Å²) in [5.74, 6) is 0. The van der Waals surface area contributed by atoms with E-state index in [1.54, 1.807) is 0 Å². The Kier molecular flexibility index (Phi) is 10.1. The second kappa shape index (κ2) is 15.9. The highest BCUT2D eigenvalue weighted by molar-refractivity contribution is 6.32. The molecule has 0 bridgehead atoms. The summed E-state index contributed by atoms with van der Waals surface area (Å²) in [4.78, 5) is 5.00. The molecule has 2 heteroatoms. The van der Waals surface area contributed by atoms with Crippen LogP contribution in [-0.2, 0) is 0 Å². The van der Waals surface area contributed by atoms with E-state index in [1.807, 2.05) is 0 Å². The van der Waals surface area contributed by atoms with Crippen molar-refractivity contribution in [1.29, 1.82) is 0 Å². The Morgan fingerprint density at radius 1 is 0.266 bits per heavy atom. The van der Waals surface area contributed by atoms with Crippen LogP contribution >= 0.6 is 0 Å². The third-order valence-corrected chi connectivity index (χ3v) is 14.0. The van der Waals surface area contributed by atoms with Crippen molar-refractivity contribution in [1.82, 2.24) is 0 Å². The van der Waals surface area contributed by atoms with Gasteiger partial charge in [0.25, 0.3) is 0 Å².